The Morgan fingerprint density at radius 2 is 2.06 bits per heavy atom. The van der Waals surface area contributed by atoms with Gasteiger partial charge in [-0.15, -0.1) is 0 Å². The second kappa shape index (κ2) is 5.79. The number of morpholine rings is 1. The molecule has 1 heterocycles. The van der Waals surface area contributed by atoms with Gasteiger partial charge in [0.2, 0.25) is 0 Å². The normalized spacial score (nSPS) is 23.0. The Labute approximate surface area is 119 Å². The lowest BCUT2D eigenvalue weighted by molar-refractivity contribution is -0.122. The van der Waals surface area contributed by atoms with Crippen LogP contribution in [0.15, 0.2) is 18.2 Å². The summed E-state index contributed by atoms with van der Waals surface area (Å²) in [7, 11) is 0. The van der Waals surface area contributed by atoms with Gasteiger partial charge in [0.05, 0.1) is 11.7 Å². The van der Waals surface area contributed by atoms with Crippen molar-refractivity contribution >= 4 is 23.2 Å². The molecular weight excluding hydrogens is 269 g/mol. The van der Waals surface area contributed by atoms with Crippen LogP contribution in [0.25, 0.3) is 0 Å². The minimum atomic E-state index is -0.0887. The zero-order valence-electron chi connectivity index (χ0n) is 10.8. The molecule has 1 unspecified atom stereocenters. The zero-order chi connectivity index (χ0) is 13.2. The van der Waals surface area contributed by atoms with Gasteiger partial charge in [0.1, 0.15) is 0 Å². The number of halogens is 2. The van der Waals surface area contributed by atoms with Crippen molar-refractivity contribution in [2.24, 2.45) is 0 Å². The highest BCUT2D eigenvalue weighted by Gasteiger charge is 2.35. The molecule has 1 aromatic rings. The molecule has 1 N–H and O–H groups in total. The Bertz CT molecular complexity index is 418. The first-order valence-electron chi connectivity index (χ1n) is 6.43. The van der Waals surface area contributed by atoms with Crippen LogP contribution in [0.4, 0.5) is 0 Å². The largest absolute Gasteiger partial charge is 0.364 e. The van der Waals surface area contributed by atoms with Crippen molar-refractivity contribution in [2.45, 2.75) is 38.4 Å². The molecule has 100 valence electrons. The summed E-state index contributed by atoms with van der Waals surface area (Å²) >= 11 is 12.3. The van der Waals surface area contributed by atoms with E-state index in [1.54, 1.807) is 6.07 Å². The second-order valence-electron chi connectivity index (χ2n) is 4.79. The van der Waals surface area contributed by atoms with Crippen molar-refractivity contribution < 1.29 is 4.74 Å². The Morgan fingerprint density at radius 3 is 2.72 bits per heavy atom. The predicted molar refractivity (Wildman–Crippen MR) is 76.5 cm³/mol. The van der Waals surface area contributed by atoms with E-state index in [4.69, 9.17) is 27.9 Å². The molecule has 1 atom stereocenters. The number of ether oxygens (including phenoxy) is 1. The highest BCUT2D eigenvalue weighted by Crippen LogP contribution is 2.35. The SMILES string of the molecule is CCC1(CC)CNCC(c2cc(Cl)ccc2Cl)O1. The molecule has 2 rings (SSSR count). The molecule has 1 fully saturated rings. The van der Waals surface area contributed by atoms with Crippen LogP contribution in [0.1, 0.15) is 38.4 Å². The molecule has 2 nitrogen and oxygen atoms in total. The van der Waals surface area contributed by atoms with E-state index < -0.39 is 0 Å². The third kappa shape index (κ3) is 2.83. The van der Waals surface area contributed by atoms with Gasteiger partial charge in [-0.2, -0.15) is 0 Å². The number of hydrogen-bond donors (Lipinski definition) is 1. The highest BCUT2D eigenvalue weighted by atomic mass is 35.5. The molecule has 0 bridgehead atoms. The van der Waals surface area contributed by atoms with Gasteiger partial charge < -0.3 is 10.1 Å². The van der Waals surface area contributed by atoms with Crippen molar-refractivity contribution in [1.29, 1.82) is 0 Å². The Hall–Kier alpha value is -0.280. The summed E-state index contributed by atoms with van der Waals surface area (Å²) in [5.41, 5.74) is 0.886. The number of rotatable bonds is 3. The third-order valence-corrected chi connectivity index (χ3v) is 4.34. The van der Waals surface area contributed by atoms with E-state index in [1.165, 1.54) is 0 Å². The monoisotopic (exact) mass is 287 g/mol. The highest BCUT2D eigenvalue weighted by molar-refractivity contribution is 6.33. The van der Waals surface area contributed by atoms with Gasteiger partial charge in [0.25, 0.3) is 0 Å². The summed E-state index contributed by atoms with van der Waals surface area (Å²) in [6.07, 6.45) is 1.96. The summed E-state index contributed by atoms with van der Waals surface area (Å²) in [4.78, 5) is 0. The molecule has 0 aromatic heterocycles. The quantitative estimate of drug-likeness (QED) is 0.899. The zero-order valence-corrected chi connectivity index (χ0v) is 12.3. The molecule has 0 spiro atoms. The fourth-order valence-corrected chi connectivity index (χ4v) is 2.84. The molecule has 0 radical (unpaired) electrons. The Morgan fingerprint density at radius 1 is 1.33 bits per heavy atom. The third-order valence-electron chi connectivity index (χ3n) is 3.76. The minimum Gasteiger partial charge on any atom is -0.364 e. The topological polar surface area (TPSA) is 21.3 Å². The van der Waals surface area contributed by atoms with E-state index in [0.29, 0.717) is 10.0 Å². The molecule has 1 aromatic carbocycles. The van der Waals surface area contributed by atoms with Gasteiger partial charge >= 0.3 is 0 Å². The lowest BCUT2D eigenvalue weighted by Gasteiger charge is -2.41. The van der Waals surface area contributed by atoms with Gasteiger partial charge in [-0.05, 0) is 31.0 Å². The average Bonchev–Trinajstić information content (AvgIpc) is 2.41. The van der Waals surface area contributed by atoms with Crippen LogP contribution in [-0.2, 0) is 4.74 Å². The van der Waals surface area contributed by atoms with Crippen molar-refractivity contribution in [3.63, 3.8) is 0 Å². The molecule has 1 saturated heterocycles. The predicted octanol–water partition coefficient (Wildman–Crippen LogP) is 4.21. The first-order chi connectivity index (χ1) is 8.60. The number of hydrogen-bond acceptors (Lipinski definition) is 2. The molecule has 0 saturated carbocycles. The molecule has 18 heavy (non-hydrogen) atoms. The molecule has 4 heteroatoms. The van der Waals surface area contributed by atoms with Gasteiger partial charge in [-0.3, -0.25) is 0 Å². The van der Waals surface area contributed by atoms with Crippen molar-refractivity contribution in [1.82, 2.24) is 5.32 Å². The maximum absolute atomic E-state index is 6.29. The van der Waals surface area contributed by atoms with Crippen LogP contribution in [0.5, 0.6) is 0 Å². The smallest absolute Gasteiger partial charge is 0.0972 e. The Kier molecular flexibility index (Phi) is 4.54. The van der Waals surface area contributed by atoms with Gasteiger partial charge in [-0.1, -0.05) is 37.0 Å². The van der Waals surface area contributed by atoms with Crippen molar-refractivity contribution in [2.75, 3.05) is 13.1 Å². The van der Waals surface area contributed by atoms with Crippen molar-refractivity contribution in [3.8, 4) is 0 Å². The maximum Gasteiger partial charge on any atom is 0.0972 e. The van der Waals surface area contributed by atoms with E-state index in [0.717, 1.165) is 31.5 Å². The van der Waals surface area contributed by atoms with E-state index in [-0.39, 0.29) is 11.7 Å². The van der Waals surface area contributed by atoms with Crippen LogP contribution in [0.2, 0.25) is 10.0 Å². The van der Waals surface area contributed by atoms with Crippen LogP contribution in [-0.4, -0.2) is 18.7 Å². The lowest BCUT2D eigenvalue weighted by atomic mass is 9.93. The average molecular weight is 288 g/mol. The number of benzene rings is 1. The summed E-state index contributed by atoms with van der Waals surface area (Å²) in [5.74, 6) is 0. The first-order valence-corrected chi connectivity index (χ1v) is 7.19. The summed E-state index contributed by atoms with van der Waals surface area (Å²) in [5, 5.41) is 4.86. The summed E-state index contributed by atoms with van der Waals surface area (Å²) in [6, 6.07) is 5.53. The standard InChI is InChI=1S/C14H19Cl2NO/c1-3-14(4-2)9-17-8-13(18-14)11-7-10(15)5-6-12(11)16/h5-7,13,17H,3-4,8-9H2,1-2H3. The summed E-state index contributed by atoms with van der Waals surface area (Å²) < 4.78 is 6.29. The van der Waals surface area contributed by atoms with Crippen LogP contribution < -0.4 is 5.32 Å². The van der Waals surface area contributed by atoms with Crippen LogP contribution in [0.3, 0.4) is 0 Å². The van der Waals surface area contributed by atoms with Gasteiger partial charge in [-0.25, -0.2) is 0 Å². The van der Waals surface area contributed by atoms with Crippen LogP contribution >= 0.6 is 23.2 Å². The second-order valence-corrected chi connectivity index (χ2v) is 5.64. The first kappa shape index (κ1) is 14.1. The van der Waals surface area contributed by atoms with E-state index in [9.17, 15) is 0 Å². The molecule has 0 aliphatic carbocycles. The molecule has 1 aliphatic rings. The summed E-state index contributed by atoms with van der Waals surface area (Å²) in [6.45, 7) is 6.00. The van der Waals surface area contributed by atoms with Gasteiger partial charge in [0, 0.05) is 28.7 Å². The Balaban J connectivity index is 2.25. The lowest BCUT2D eigenvalue weighted by Crippen LogP contribution is -2.50. The molecular formula is C14H19Cl2NO. The minimum absolute atomic E-state index is 0.0233. The van der Waals surface area contributed by atoms with Crippen molar-refractivity contribution in [3.05, 3.63) is 33.8 Å². The van der Waals surface area contributed by atoms with Crippen LogP contribution in [0, 0.1) is 0 Å². The van der Waals surface area contributed by atoms with E-state index in [2.05, 4.69) is 19.2 Å². The molecule has 0 amide bonds. The number of nitrogens with one attached hydrogen (secondary N) is 1. The van der Waals surface area contributed by atoms with E-state index >= 15 is 0 Å². The maximum atomic E-state index is 6.29. The van der Waals surface area contributed by atoms with E-state index in [1.807, 2.05) is 12.1 Å². The fraction of sp³-hybridized carbons (Fsp3) is 0.571. The molecule has 1 aliphatic heterocycles. The van der Waals surface area contributed by atoms with Gasteiger partial charge in [0.15, 0.2) is 0 Å². The fourth-order valence-electron chi connectivity index (χ4n) is 2.42.